The standard InChI is InChI=1S/C29H44/c1-20(2)14-28(15-21(3)4)18-26-25-12-10-9-11-24(25)13-27(26)29(19-28,16-22(5)6)17-23(7)8/h9-13,18,20-23H,14-17,19H2,1-8H3. The van der Waals surface area contributed by atoms with Gasteiger partial charge in [0.2, 0.25) is 0 Å². The lowest BCUT2D eigenvalue weighted by molar-refractivity contribution is 0.107. The van der Waals surface area contributed by atoms with Crippen molar-refractivity contribution in [2.75, 3.05) is 0 Å². The monoisotopic (exact) mass is 392 g/mol. The summed E-state index contributed by atoms with van der Waals surface area (Å²) in [6.45, 7) is 19.4. The largest absolute Gasteiger partial charge is 0.0701 e. The number of allylic oxidation sites excluding steroid dienone is 3. The van der Waals surface area contributed by atoms with Crippen LogP contribution in [0, 0.1) is 34.5 Å². The van der Waals surface area contributed by atoms with E-state index in [1.54, 1.807) is 11.1 Å². The first-order valence-electron chi connectivity index (χ1n) is 12.1. The maximum absolute atomic E-state index is 2.74. The van der Waals surface area contributed by atoms with Gasteiger partial charge in [0.15, 0.2) is 0 Å². The molecule has 2 aliphatic carbocycles. The Morgan fingerprint density at radius 3 is 1.76 bits per heavy atom. The summed E-state index contributed by atoms with van der Waals surface area (Å²) in [6.07, 6.45) is 11.9. The second-order valence-corrected chi connectivity index (χ2v) is 11.9. The minimum absolute atomic E-state index is 0.301. The summed E-state index contributed by atoms with van der Waals surface area (Å²) in [4.78, 5) is 0. The van der Waals surface area contributed by atoms with E-state index in [2.05, 4.69) is 91.8 Å². The minimum Gasteiger partial charge on any atom is -0.0701 e. The molecule has 0 aliphatic heterocycles. The Labute approximate surface area is 180 Å². The fourth-order valence-electron chi connectivity index (χ4n) is 6.95. The van der Waals surface area contributed by atoms with Gasteiger partial charge in [-0.3, -0.25) is 0 Å². The molecule has 0 unspecified atom stereocenters. The summed E-state index contributed by atoms with van der Waals surface area (Å²) < 4.78 is 0. The van der Waals surface area contributed by atoms with E-state index in [9.17, 15) is 0 Å². The van der Waals surface area contributed by atoms with Crippen LogP contribution in [0.15, 0.2) is 35.9 Å². The highest BCUT2D eigenvalue weighted by Crippen LogP contribution is 2.62. The van der Waals surface area contributed by atoms with Crippen molar-refractivity contribution in [1.29, 1.82) is 0 Å². The van der Waals surface area contributed by atoms with Crippen molar-refractivity contribution in [2.45, 2.75) is 87.5 Å². The quantitative estimate of drug-likeness (QED) is 0.414. The van der Waals surface area contributed by atoms with Crippen LogP contribution in [0.3, 0.4) is 0 Å². The van der Waals surface area contributed by atoms with Crippen molar-refractivity contribution < 1.29 is 0 Å². The van der Waals surface area contributed by atoms with Gasteiger partial charge in [-0.05, 0) is 95.0 Å². The molecule has 0 nitrogen and oxygen atoms in total. The molecule has 0 saturated carbocycles. The third kappa shape index (κ3) is 4.73. The Morgan fingerprint density at radius 2 is 1.24 bits per heavy atom. The topological polar surface area (TPSA) is 0 Å². The van der Waals surface area contributed by atoms with Gasteiger partial charge in [0.05, 0.1) is 0 Å². The molecule has 0 aromatic heterocycles. The summed E-state index contributed by atoms with van der Waals surface area (Å²) in [7, 11) is 0. The molecule has 0 heteroatoms. The molecule has 29 heavy (non-hydrogen) atoms. The van der Waals surface area contributed by atoms with Gasteiger partial charge in [0, 0.05) is 0 Å². The van der Waals surface area contributed by atoms with Crippen molar-refractivity contribution >= 4 is 11.6 Å². The van der Waals surface area contributed by atoms with Crippen molar-refractivity contribution in [3.05, 3.63) is 47.0 Å². The molecule has 0 N–H and O–H groups in total. The van der Waals surface area contributed by atoms with E-state index in [0.717, 1.165) is 11.8 Å². The number of benzene rings is 1. The van der Waals surface area contributed by atoms with Gasteiger partial charge in [-0.2, -0.15) is 0 Å². The molecule has 160 valence electrons. The summed E-state index contributed by atoms with van der Waals surface area (Å²) in [5.41, 5.74) is 6.77. The van der Waals surface area contributed by atoms with E-state index in [4.69, 9.17) is 0 Å². The van der Waals surface area contributed by atoms with Gasteiger partial charge in [0.1, 0.15) is 0 Å². The molecule has 1 aromatic carbocycles. The lowest BCUT2D eigenvalue weighted by atomic mass is 9.53. The normalized spacial score (nSPS) is 19.6. The molecule has 1 aromatic rings. The van der Waals surface area contributed by atoms with Gasteiger partial charge >= 0.3 is 0 Å². The third-order valence-electron chi connectivity index (χ3n) is 6.78. The SMILES string of the molecule is CC(C)CC1(CC(C)C)C=C2C(=Cc3ccccc32)C(CC(C)C)(CC(C)C)C1. The van der Waals surface area contributed by atoms with Crippen LogP contribution in [0.25, 0.3) is 11.6 Å². The Hall–Kier alpha value is -1.30. The molecule has 0 amide bonds. The zero-order valence-corrected chi connectivity index (χ0v) is 20.3. The number of fused-ring (bicyclic) bond motifs is 3. The first-order chi connectivity index (χ1) is 13.6. The van der Waals surface area contributed by atoms with Gasteiger partial charge in [-0.1, -0.05) is 85.7 Å². The van der Waals surface area contributed by atoms with Crippen LogP contribution < -0.4 is 0 Å². The number of hydrogen-bond acceptors (Lipinski definition) is 0. The summed E-state index contributed by atoms with van der Waals surface area (Å²) in [5.74, 6) is 2.88. The zero-order chi connectivity index (χ0) is 21.4. The highest BCUT2D eigenvalue weighted by molar-refractivity contribution is 5.96. The minimum atomic E-state index is 0.301. The Bertz CT molecular complexity index is 749. The summed E-state index contributed by atoms with van der Waals surface area (Å²) in [6, 6.07) is 9.12. The molecular formula is C29H44. The van der Waals surface area contributed by atoms with Gasteiger partial charge < -0.3 is 0 Å². The molecule has 2 aliphatic rings. The molecular weight excluding hydrogens is 348 g/mol. The second-order valence-electron chi connectivity index (χ2n) is 11.9. The van der Waals surface area contributed by atoms with Crippen LogP contribution in [0.5, 0.6) is 0 Å². The van der Waals surface area contributed by atoms with E-state index in [1.165, 1.54) is 43.2 Å². The van der Waals surface area contributed by atoms with Crippen LogP contribution in [-0.2, 0) is 0 Å². The van der Waals surface area contributed by atoms with Gasteiger partial charge in [-0.25, -0.2) is 0 Å². The maximum atomic E-state index is 2.74. The first-order valence-corrected chi connectivity index (χ1v) is 12.1. The fraction of sp³-hybridized carbons (Fsp3) is 0.655. The number of rotatable bonds is 8. The van der Waals surface area contributed by atoms with Gasteiger partial charge in [0.25, 0.3) is 0 Å². The third-order valence-corrected chi connectivity index (χ3v) is 6.78. The van der Waals surface area contributed by atoms with Crippen LogP contribution in [0.1, 0.15) is 98.6 Å². The van der Waals surface area contributed by atoms with Crippen molar-refractivity contribution in [1.82, 2.24) is 0 Å². The number of hydrogen-bond donors (Lipinski definition) is 0. The Kier molecular flexibility index (Phi) is 6.52. The predicted molar refractivity (Wildman–Crippen MR) is 130 cm³/mol. The van der Waals surface area contributed by atoms with E-state index >= 15 is 0 Å². The Morgan fingerprint density at radius 1 is 0.724 bits per heavy atom. The van der Waals surface area contributed by atoms with Crippen LogP contribution >= 0.6 is 0 Å². The highest BCUT2D eigenvalue weighted by Gasteiger charge is 2.49. The van der Waals surface area contributed by atoms with Crippen molar-refractivity contribution in [3.8, 4) is 0 Å². The molecule has 3 rings (SSSR count). The molecule has 0 spiro atoms. The summed E-state index contributed by atoms with van der Waals surface area (Å²) in [5, 5.41) is 0. The second kappa shape index (κ2) is 8.44. The van der Waals surface area contributed by atoms with E-state index < -0.39 is 0 Å². The average molecular weight is 393 g/mol. The van der Waals surface area contributed by atoms with E-state index in [-0.39, 0.29) is 0 Å². The first kappa shape index (κ1) is 22.4. The molecule has 0 bridgehead atoms. The maximum Gasteiger partial charge on any atom is -0.00276 e. The van der Waals surface area contributed by atoms with Crippen LogP contribution in [0.2, 0.25) is 0 Å². The smallest absolute Gasteiger partial charge is 0.00276 e. The fourth-order valence-corrected chi connectivity index (χ4v) is 6.95. The van der Waals surface area contributed by atoms with Crippen LogP contribution in [0.4, 0.5) is 0 Å². The summed E-state index contributed by atoms with van der Waals surface area (Å²) >= 11 is 0. The van der Waals surface area contributed by atoms with Crippen molar-refractivity contribution in [3.63, 3.8) is 0 Å². The molecule has 0 saturated heterocycles. The molecule has 0 atom stereocenters. The lowest BCUT2D eigenvalue weighted by Crippen LogP contribution is -2.39. The zero-order valence-electron chi connectivity index (χ0n) is 20.3. The molecule has 0 heterocycles. The van der Waals surface area contributed by atoms with E-state index in [1.807, 2.05) is 0 Å². The molecule has 0 radical (unpaired) electrons. The predicted octanol–water partition coefficient (Wildman–Crippen LogP) is 9.03. The van der Waals surface area contributed by atoms with Crippen LogP contribution in [-0.4, -0.2) is 0 Å². The lowest BCUT2D eigenvalue weighted by Gasteiger charge is -2.51. The molecule has 0 fully saturated rings. The Balaban J connectivity index is 2.23. The average Bonchev–Trinajstić information content (AvgIpc) is 2.91. The highest BCUT2D eigenvalue weighted by atomic mass is 14.5. The van der Waals surface area contributed by atoms with E-state index in [0.29, 0.717) is 22.7 Å². The van der Waals surface area contributed by atoms with Crippen molar-refractivity contribution in [2.24, 2.45) is 34.5 Å². The van der Waals surface area contributed by atoms with Gasteiger partial charge in [-0.15, -0.1) is 0 Å².